The molecule has 0 saturated carbocycles. The van der Waals surface area contributed by atoms with E-state index in [1.54, 1.807) is 0 Å². The van der Waals surface area contributed by atoms with Crippen molar-refractivity contribution in [3.8, 4) is 0 Å². The molecule has 0 fully saturated rings. The van der Waals surface area contributed by atoms with Crippen LogP contribution < -0.4 is 4.72 Å². The summed E-state index contributed by atoms with van der Waals surface area (Å²) in [6.45, 7) is 2.22. The molecule has 0 aromatic heterocycles. The summed E-state index contributed by atoms with van der Waals surface area (Å²) in [5, 5.41) is 9.77. The number of nitrogens with zero attached hydrogens (tertiary/aromatic N) is 1. The third kappa shape index (κ3) is 4.52. The molecule has 0 aliphatic heterocycles. The summed E-state index contributed by atoms with van der Waals surface area (Å²) < 4.78 is 77.7. The van der Waals surface area contributed by atoms with E-state index >= 15 is 0 Å². The Morgan fingerprint density at radius 2 is 1.83 bits per heavy atom. The molecule has 0 saturated heterocycles. The van der Waals surface area contributed by atoms with E-state index in [1.807, 2.05) is 0 Å². The van der Waals surface area contributed by atoms with E-state index in [9.17, 15) is 36.1 Å². The first-order chi connectivity index (χ1) is 10.3. The van der Waals surface area contributed by atoms with Crippen LogP contribution in [0.15, 0.2) is 17.0 Å². The van der Waals surface area contributed by atoms with Crippen LogP contribution in [0.5, 0.6) is 0 Å². The molecule has 0 aliphatic rings. The number of hydrogen-bond acceptors (Lipinski definition) is 4. The number of hydrogen-bond donors (Lipinski definition) is 1. The molecule has 0 unspecified atom stereocenters. The van der Waals surface area contributed by atoms with Crippen molar-refractivity contribution >= 4 is 27.3 Å². The van der Waals surface area contributed by atoms with E-state index in [2.05, 4.69) is 0 Å². The van der Waals surface area contributed by atoms with Crippen LogP contribution in [0.25, 0.3) is 0 Å². The van der Waals surface area contributed by atoms with Gasteiger partial charge in [-0.15, -0.1) is 0 Å². The summed E-state index contributed by atoms with van der Waals surface area (Å²) in [6, 6.07) is -1.64. The first kappa shape index (κ1) is 19.6. The SMILES string of the molecule is CC(C)[C@H](NS(=O)(=O)c1cc([N+](=O)[O-])cc(Cl)c1F)C(F)(F)F. The van der Waals surface area contributed by atoms with Crippen molar-refractivity contribution in [1.29, 1.82) is 0 Å². The standard InChI is InChI=1S/C11H11ClF4N2O4S/c1-5(2)10(11(14,15)16)17-23(21,22)8-4-6(18(19)20)3-7(12)9(8)13/h3-5,10,17H,1-2H3/t10-/m0/s1. The number of halogens is 5. The molecule has 1 atom stereocenters. The molecular formula is C11H11ClF4N2O4S. The Morgan fingerprint density at radius 1 is 1.30 bits per heavy atom. The number of nitro groups is 1. The van der Waals surface area contributed by atoms with Crippen LogP contribution in [0.1, 0.15) is 13.8 Å². The molecule has 1 aromatic rings. The van der Waals surface area contributed by atoms with Gasteiger partial charge in [0, 0.05) is 12.1 Å². The second kappa shape index (κ2) is 6.57. The van der Waals surface area contributed by atoms with E-state index in [-0.39, 0.29) is 0 Å². The Morgan fingerprint density at radius 3 is 2.22 bits per heavy atom. The number of alkyl halides is 3. The van der Waals surface area contributed by atoms with Crippen molar-refractivity contribution in [2.45, 2.75) is 31.0 Å². The second-order valence-electron chi connectivity index (χ2n) is 4.88. The molecule has 1 aromatic carbocycles. The molecule has 12 heteroatoms. The Kier molecular flexibility index (Phi) is 5.60. The largest absolute Gasteiger partial charge is 0.405 e. The minimum absolute atomic E-state index is 0.303. The van der Waals surface area contributed by atoms with E-state index in [4.69, 9.17) is 11.6 Å². The van der Waals surface area contributed by atoms with Gasteiger partial charge < -0.3 is 0 Å². The Hall–Kier alpha value is -1.46. The van der Waals surface area contributed by atoms with Crippen molar-refractivity contribution in [3.05, 3.63) is 33.1 Å². The predicted octanol–water partition coefficient (Wildman–Crippen LogP) is 3.25. The zero-order valence-corrected chi connectivity index (χ0v) is 13.3. The first-order valence-electron chi connectivity index (χ1n) is 6.00. The van der Waals surface area contributed by atoms with Crippen LogP contribution >= 0.6 is 11.6 Å². The van der Waals surface area contributed by atoms with Gasteiger partial charge in [0.15, 0.2) is 5.82 Å². The molecule has 0 spiro atoms. The highest BCUT2D eigenvalue weighted by Gasteiger charge is 2.44. The maximum Gasteiger partial charge on any atom is 0.405 e. The lowest BCUT2D eigenvalue weighted by Gasteiger charge is -2.24. The lowest BCUT2D eigenvalue weighted by molar-refractivity contribution is -0.385. The quantitative estimate of drug-likeness (QED) is 0.484. The zero-order chi connectivity index (χ0) is 18.2. The van der Waals surface area contributed by atoms with Crippen molar-refractivity contribution in [2.75, 3.05) is 0 Å². The smallest absolute Gasteiger partial charge is 0.258 e. The Bertz CT molecular complexity index is 721. The van der Waals surface area contributed by atoms with E-state index in [0.29, 0.717) is 12.1 Å². The van der Waals surface area contributed by atoms with Gasteiger partial charge in [-0.1, -0.05) is 25.4 Å². The number of non-ortho nitro benzene ring substituents is 1. The molecule has 0 amide bonds. The van der Waals surface area contributed by atoms with Gasteiger partial charge in [0.05, 0.1) is 9.95 Å². The maximum absolute atomic E-state index is 13.8. The number of benzene rings is 1. The van der Waals surface area contributed by atoms with E-state index in [0.717, 1.165) is 13.8 Å². The number of rotatable bonds is 5. The molecule has 23 heavy (non-hydrogen) atoms. The molecule has 0 heterocycles. The molecule has 0 bridgehead atoms. The molecule has 1 rings (SSSR count). The van der Waals surface area contributed by atoms with Gasteiger partial charge >= 0.3 is 6.18 Å². The Balaban J connectivity index is 3.41. The van der Waals surface area contributed by atoms with Crippen molar-refractivity contribution in [2.24, 2.45) is 5.92 Å². The summed E-state index contributed by atoms with van der Waals surface area (Å²) in [7, 11) is -5.03. The van der Waals surface area contributed by atoms with Gasteiger partial charge in [0.25, 0.3) is 5.69 Å². The fraction of sp³-hybridized carbons (Fsp3) is 0.455. The second-order valence-corrected chi connectivity index (χ2v) is 6.97. The minimum atomic E-state index is -5.03. The fourth-order valence-electron chi connectivity index (χ4n) is 1.66. The Labute approximate surface area is 133 Å². The van der Waals surface area contributed by atoms with Crippen molar-refractivity contribution < 1.29 is 30.9 Å². The van der Waals surface area contributed by atoms with Gasteiger partial charge in [-0.3, -0.25) is 10.1 Å². The predicted molar refractivity (Wildman–Crippen MR) is 73.1 cm³/mol. The minimum Gasteiger partial charge on any atom is -0.258 e. The molecule has 6 nitrogen and oxygen atoms in total. The highest BCUT2D eigenvalue weighted by atomic mass is 35.5. The molecule has 0 aliphatic carbocycles. The molecule has 1 N–H and O–H groups in total. The maximum atomic E-state index is 13.8. The topological polar surface area (TPSA) is 89.3 Å². The van der Waals surface area contributed by atoms with Crippen LogP contribution in [-0.2, 0) is 10.0 Å². The summed E-state index contributed by atoms with van der Waals surface area (Å²) >= 11 is 5.36. The van der Waals surface area contributed by atoms with Gasteiger partial charge in [-0.05, 0) is 5.92 Å². The van der Waals surface area contributed by atoms with Crippen molar-refractivity contribution in [1.82, 2.24) is 4.72 Å². The van der Waals surface area contributed by atoms with Crippen LogP contribution in [0.2, 0.25) is 5.02 Å². The third-order valence-corrected chi connectivity index (χ3v) is 4.50. The fourth-order valence-corrected chi connectivity index (χ4v) is 3.42. The highest BCUT2D eigenvalue weighted by molar-refractivity contribution is 7.89. The lowest BCUT2D eigenvalue weighted by atomic mass is 10.1. The van der Waals surface area contributed by atoms with Gasteiger partial charge in [-0.2, -0.15) is 17.9 Å². The molecule has 130 valence electrons. The van der Waals surface area contributed by atoms with Crippen LogP contribution in [0.4, 0.5) is 23.2 Å². The number of nitro benzene ring substituents is 1. The summed E-state index contributed by atoms with van der Waals surface area (Å²) in [5.74, 6) is -2.77. The van der Waals surface area contributed by atoms with E-state index < -0.39 is 54.5 Å². The lowest BCUT2D eigenvalue weighted by Crippen LogP contribution is -2.48. The summed E-state index contributed by atoms with van der Waals surface area (Å²) in [6.07, 6.45) is -4.93. The van der Waals surface area contributed by atoms with Gasteiger partial charge in [0.1, 0.15) is 10.9 Å². The number of nitrogens with one attached hydrogen (secondary N) is 1. The first-order valence-corrected chi connectivity index (χ1v) is 7.86. The zero-order valence-electron chi connectivity index (χ0n) is 11.7. The highest BCUT2D eigenvalue weighted by Crippen LogP contribution is 2.31. The van der Waals surface area contributed by atoms with Crippen LogP contribution in [0.3, 0.4) is 0 Å². The van der Waals surface area contributed by atoms with Crippen LogP contribution in [0, 0.1) is 21.8 Å². The molecular weight excluding hydrogens is 368 g/mol. The summed E-state index contributed by atoms with van der Waals surface area (Å²) in [4.78, 5) is 8.29. The average molecular weight is 379 g/mol. The monoisotopic (exact) mass is 378 g/mol. The average Bonchev–Trinajstić information content (AvgIpc) is 2.37. The van der Waals surface area contributed by atoms with Gasteiger partial charge in [-0.25, -0.2) is 12.8 Å². The van der Waals surface area contributed by atoms with Gasteiger partial charge in [0.2, 0.25) is 10.0 Å². The number of sulfonamides is 1. The third-order valence-electron chi connectivity index (χ3n) is 2.78. The molecule has 0 radical (unpaired) electrons. The van der Waals surface area contributed by atoms with E-state index in [1.165, 1.54) is 4.72 Å². The van der Waals surface area contributed by atoms with Crippen molar-refractivity contribution in [3.63, 3.8) is 0 Å². The van der Waals surface area contributed by atoms with Crippen LogP contribution in [-0.4, -0.2) is 25.6 Å². The normalized spacial score (nSPS) is 14.1. The summed E-state index contributed by atoms with van der Waals surface area (Å²) in [5.41, 5.74) is -0.870.